The van der Waals surface area contributed by atoms with Gasteiger partial charge < -0.3 is 5.32 Å². The second-order valence-electron chi connectivity index (χ2n) is 5.44. The van der Waals surface area contributed by atoms with Crippen LogP contribution in [0.5, 0.6) is 0 Å². The Hall–Kier alpha value is -1.07. The first kappa shape index (κ1) is 14.3. The number of aryl methyl sites for hydroxylation is 1. The fourth-order valence-corrected chi connectivity index (χ4v) is 3.36. The molecule has 0 saturated heterocycles. The Morgan fingerprint density at radius 2 is 2.00 bits per heavy atom. The lowest BCUT2D eigenvalue weighted by Crippen LogP contribution is -2.20. The van der Waals surface area contributed by atoms with E-state index in [1.165, 1.54) is 13.5 Å². The molecule has 0 spiro atoms. The van der Waals surface area contributed by atoms with E-state index in [0.717, 1.165) is 30.0 Å². The predicted molar refractivity (Wildman–Crippen MR) is 77.9 cm³/mol. The van der Waals surface area contributed by atoms with E-state index in [1.807, 2.05) is 13.0 Å². The van der Waals surface area contributed by atoms with Crippen molar-refractivity contribution in [1.29, 1.82) is 0 Å². The van der Waals surface area contributed by atoms with Crippen LogP contribution in [0.2, 0.25) is 0 Å². The Morgan fingerprint density at radius 3 is 2.58 bits per heavy atom. The number of hydrogen-bond donors (Lipinski definition) is 2. The third kappa shape index (κ3) is 3.28. The van der Waals surface area contributed by atoms with Crippen LogP contribution >= 0.6 is 0 Å². The molecule has 1 aromatic carbocycles. The Kier molecular flexibility index (Phi) is 4.16. The van der Waals surface area contributed by atoms with E-state index in [4.69, 9.17) is 0 Å². The summed E-state index contributed by atoms with van der Waals surface area (Å²) in [4.78, 5) is 0.314. The highest BCUT2D eigenvalue weighted by Gasteiger charge is 2.22. The van der Waals surface area contributed by atoms with Gasteiger partial charge in [-0.3, -0.25) is 0 Å². The number of benzene rings is 1. The van der Waals surface area contributed by atoms with Gasteiger partial charge in [0.05, 0.1) is 4.90 Å². The first-order valence-electron chi connectivity index (χ1n) is 6.73. The van der Waals surface area contributed by atoms with Gasteiger partial charge in [-0.15, -0.1) is 0 Å². The van der Waals surface area contributed by atoms with Crippen molar-refractivity contribution >= 4 is 15.7 Å². The second kappa shape index (κ2) is 5.51. The van der Waals surface area contributed by atoms with Crippen molar-refractivity contribution in [2.24, 2.45) is 5.92 Å². The molecule has 1 aliphatic carbocycles. The van der Waals surface area contributed by atoms with Crippen LogP contribution in [0.25, 0.3) is 0 Å². The lowest BCUT2D eigenvalue weighted by atomic mass is 10.1. The van der Waals surface area contributed by atoms with Gasteiger partial charge in [-0.25, -0.2) is 13.1 Å². The standard InChI is InChI=1S/C14H22N2O2S/c1-10-4-6-12(8-10)16-14-9-13(7-5-11(14)2)19(17,18)15-3/h5,7,9-10,12,15-16H,4,6,8H2,1-3H3. The zero-order valence-electron chi connectivity index (χ0n) is 11.7. The molecule has 2 rings (SSSR count). The molecule has 2 unspecified atom stereocenters. The van der Waals surface area contributed by atoms with Gasteiger partial charge in [-0.1, -0.05) is 13.0 Å². The van der Waals surface area contributed by atoms with Crippen molar-refractivity contribution in [1.82, 2.24) is 4.72 Å². The summed E-state index contributed by atoms with van der Waals surface area (Å²) in [5, 5.41) is 3.48. The van der Waals surface area contributed by atoms with E-state index in [-0.39, 0.29) is 0 Å². The van der Waals surface area contributed by atoms with Gasteiger partial charge in [0.1, 0.15) is 0 Å². The number of rotatable bonds is 4. The molecule has 19 heavy (non-hydrogen) atoms. The van der Waals surface area contributed by atoms with Crippen LogP contribution in [0.1, 0.15) is 31.7 Å². The molecule has 1 saturated carbocycles. The van der Waals surface area contributed by atoms with Gasteiger partial charge in [-0.2, -0.15) is 0 Å². The summed E-state index contributed by atoms with van der Waals surface area (Å²) in [6.45, 7) is 4.26. The minimum absolute atomic E-state index is 0.314. The molecule has 106 valence electrons. The van der Waals surface area contributed by atoms with Gasteiger partial charge in [0.2, 0.25) is 10.0 Å². The van der Waals surface area contributed by atoms with Crippen LogP contribution in [0, 0.1) is 12.8 Å². The number of hydrogen-bond acceptors (Lipinski definition) is 3. The molecule has 1 aliphatic rings. The minimum atomic E-state index is -3.37. The zero-order valence-corrected chi connectivity index (χ0v) is 12.5. The van der Waals surface area contributed by atoms with E-state index in [9.17, 15) is 8.42 Å². The Labute approximate surface area is 115 Å². The first-order chi connectivity index (χ1) is 8.92. The van der Waals surface area contributed by atoms with Crippen molar-refractivity contribution in [3.8, 4) is 0 Å². The number of nitrogens with one attached hydrogen (secondary N) is 2. The summed E-state index contributed by atoms with van der Waals surface area (Å²) in [5.74, 6) is 0.752. The SMILES string of the molecule is CNS(=O)(=O)c1ccc(C)c(NC2CCC(C)C2)c1. The molecule has 5 heteroatoms. The Bertz CT molecular complexity index is 555. The first-order valence-corrected chi connectivity index (χ1v) is 8.21. The maximum absolute atomic E-state index is 11.8. The van der Waals surface area contributed by atoms with Crippen molar-refractivity contribution in [2.45, 2.75) is 44.0 Å². The third-order valence-electron chi connectivity index (χ3n) is 3.84. The molecule has 0 aromatic heterocycles. The second-order valence-corrected chi connectivity index (χ2v) is 7.33. The molecular weight excluding hydrogens is 260 g/mol. The normalized spacial score (nSPS) is 23.5. The number of anilines is 1. The van der Waals surface area contributed by atoms with E-state index < -0.39 is 10.0 Å². The van der Waals surface area contributed by atoms with E-state index in [0.29, 0.717) is 10.9 Å². The molecule has 4 nitrogen and oxygen atoms in total. The average Bonchev–Trinajstić information content (AvgIpc) is 2.77. The lowest BCUT2D eigenvalue weighted by molar-refractivity contribution is 0.588. The maximum atomic E-state index is 11.8. The molecular formula is C14H22N2O2S. The number of sulfonamides is 1. The summed E-state index contributed by atoms with van der Waals surface area (Å²) in [6, 6.07) is 5.68. The lowest BCUT2D eigenvalue weighted by Gasteiger charge is -2.17. The van der Waals surface area contributed by atoms with Crippen LogP contribution in [0.4, 0.5) is 5.69 Å². The van der Waals surface area contributed by atoms with Crippen LogP contribution in [0.3, 0.4) is 0 Å². The van der Waals surface area contributed by atoms with Crippen molar-refractivity contribution in [3.63, 3.8) is 0 Å². The largest absolute Gasteiger partial charge is 0.382 e. The van der Waals surface area contributed by atoms with Crippen molar-refractivity contribution < 1.29 is 8.42 Å². The molecule has 0 bridgehead atoms. The van der Waals surface area contributed by atoms with E-state index in [2.05, 4.69) is 17.0 Å². The smallest absolute Gasteiger partial charge is 0.240 e. The van der Waals surface area contributed by atoms with Gasteiger partial charge in [0, 0.05) is 11.7 Å². The maximum Gasteiger partial charge on any atom is 0.240 e. The average molecular weight is 282 g/mol. The van der Waals surface area contributed by atoms with E-state index >= 15 is 0 Å². The van der Waals surface area contributed by atoms with Crippen molar-refractivity contribution in [3.05, 3.63) is 23.8 Å². The highest BCUT2D eigenvalue weighted by Crippen LogP contribution is 2.29. The fraction of sp³-hybridized carbons (Fsp3) is 0.571. The van der Waals surface area contributed by atoms with Gasteiger partial charge >= 0.3 is 0 Å². The molecule has 0 aliphatic heterocycles. The zero-order chi connectivity index (χ0) is 14.0. The minimum Gasteiger partial charge on any atom is -0.382 e. The molecule has 2 N–H and O–H groups in total. The third-order valence-corrected chi connectivity index (χ3v) is 5.25. The van der Waals surface area contributed by atoms with Crippen LogP contribution in [-0.2, 0) is 10.0 Å². The van der Waals surface area contributed by atoms with Crippen LogP contribution in [-0.4, -0.2) is 21.5 Å². The molecule has 2 atom stereocenters. The monoisotopic (exact) mass is 282 g/mol. The Balaban J connectivity index is 2.23. The molecule has 0 heterocycles. The molecule has 0 radical (unpaired) electrons. The summed E-state index contributed by atoms with van der Waals surface area (Å²) in [7, 11) is -1.94. The van der Waals surface area contributed by atoms with Gasteiger partial charge in [0.25, 0.3) is 0 Å². The summed E-state index contributed by atoms with van der Waals surface area (Å²) in [6.07, 6.45) is 3.55. The topological polar surface area (TPSA) is 58.2 Å². The summed E-state index contributed by atoms with van der Waals surface area (Å²) < 4.78 is 26.0. The molecule has 0 amide bonds. The van der Waals surface area contributed by atoms with Gasteiger partial charge in [0.15, 0.2) is 0 Å². The summed E-state index contributed by atoms with van der Waals surface area (Å²) in [5.41, 5.74) is 2.00. The quantitative estimate of drug-likeness (QED) is 0.892. The highest BCUT2D eigenvalue weighted by atomic mass is 32.2. The van der Waals surface area contributed by atoms with Gasteiger partial charge in [-0.05, 0) is 56.8 Å². The van der Waals surface area contributed by atoms with Crippen LogP contribution in [0.15, 0.2) is 23.1 Å². The highest BCUT2D eigenvalue weighted by molar-refractivity contribution is 7.89. The van der Waals surface area contributed by atoms with Crippen LogP contribution < -0.4 is 10.0 Å². The van der Waals surface area contributed by atoms with E-state index in [1.54, 1.807) is 12.1 Å². The van der Waals surface area contributed by atoms with Crippen molar-refractivity contribution in [2.75, 3.05) is 12.4 Å². The Morgan fingerprint density at radius 1 is 1.26 bits per heavy atom. The fourth-order valence-electron chi connectivity index (χ4n) is 2.60. The summed E-state index contributed by atoms with van der Waals surface area (Å²) >= 11 is 0. The molecule has 1 fully saturated rings. The molecule has 1 aromatic rings. The predicted octanol–water partition coefficient (Wildman–Crippen LogP) is 2.50.